The molecule has 9 nitrogen and oxygen atoms in total. The van der Waals surface area contributed by atoms with Crippen molar-refractivity contribution in [1.29, 1.82) is 0 Å². The summed E-state index contributed by atoms with van der Waals surface area (Å²) in [6.45, 7) is -0.425. The van der Waals surface area contributed by atoms with Gasteiger partial charge < -0.3 is 19.5 Å². The highest BCUT2D eigenvalue weighted by atomic mass is 16.6. The predicted molar refractivity (Wildman–Crippen MR) is 91.6 cm³/mol. The molecular weight excluding hydrogens is 344 g/mol. The first-order valence-electron chi connectivity index (χ1n) is 7.38. The summed E-state index contributed by atoms with van der Waals surface area (Å²) in [7, 11) is 2.66. The molecule has 0 atom stereocenters. The van der Waals surface area contributed by atoms with Crippen LogP contribution in [0.15, 0.2) is 42.5 Å². The van der Waals surface area contributed by atoms with E-state index in [-0.39, 0.29) is 11.4 Å². The Morgan fingerprint density at radius 3 is 2.38 bits per heavy atom. The number of methoxy groups -OCH3 is 2. The third kappa shape index (κ3) is 4.69. The van der Waals surface area contributed by atoms with Crippen LogP contribution in [0.2, 0.25) is 0 Å². The van der Waals surface area contributed by atoms with Crippen LogP contribution in [0.5, 0.6) is 11.5 Å². The van der Waals surface area contributed by atoms with Crippen LogP contribution < -0.4 is 14.8 Å². The lowest BCUT2D eigenvalue weighted by molar-refractivity contribution is -0.385. The van der Waals surface area contributed by atoms with Gasteiger partial charge in [0.05, 0.1) is 30.8 Å². The van der Waals surface area contributed by atoms with E-state index in [9.17, 15) is 19.7 Å². The smallest absolute Gasteiger partial charge is 0.337 e. The Morgan fingerprint density at radius 1 is 1.12 bits per heavy atom. The molecule has 0 saturated carbocycles. The number of esters is 1. The molecule has 1 N–H and O–H groups in total. The van der Waals surface area contributed by atoms with E-state index in [0.717, 1.165) is 0 Å². The van der Waals surface area contributed by atoms with Gasteiger partial charge in [-0.1, -0.05) is 0 Å². The van der Waals surface area contributed by atoms with E-state index in [2.05, 4.69) is 10.1 Å². The van der Waals surface area contributed by atoms with Gasteiger partial charge in [0.2, 0.25) is 0 Å². The first-order chi connectivity index (χ1) is 12.4. The largest absolute Gasteiger partial charge is 0.496 e. The van der Waals surface area contributed by atoms with E-state index in [1.165, 1.54) is 56.7 Å². The Bertz CT molecular complexity index is 818. The first-order valence-corrected chi connectivity index (χ1v) is 7.38. The van der Waals surface area contributed by atoms with Gasteiger partial charge in [-0.3, -0.25) is 14.9 Å². The number of rotatable bonds is 7. The number of carbonyl (C=O) groups is 2. The average Bonchev–Trinajstić information content (AvgIpc) is 2.66. The van der Waals surface area contributed by atoms with Gasteiger partial charge in [-0.15, -0.1) is 0 Å². The number of nitro benzene ring substituents is 1. The van der Waals surface area contributed by atoms with Crippen LogP contribution in [0.1, 0.15) is 10.4 Å². The Morgan fingerprint density at radius 2 is 1.81 bits per heavy atom. The average molecular weight is 360 g/mol. The minimum atomic E-state index is -0.624. The zero-order chi connectivity index (χ0) is 19.1. The number of hydrogen-bond acceptors (Lipinski definition) is 7. The molecule has 0 aliphatic carbocycles. The molecule has 0 heterocycles. The summed E-state index contributed by atoms with van der Waals surface area (Å²) in [5.74, 6) is -0.745. The van der Waals surface area contributed by atoms with Gasteiger partial charge in [0.15, 0.2) is 12.4 Å². The molecular formula is C17H16N2O7. The Labute approximate surface area is 148 Å². The van der Waals surface area contributed by atoms with Gasteiger partial charge in [0.1, 0.15) is 5.75 Å². The lowest BCUT2D eigenvalue weighted by Crippen LogP contribution is -2.20. The Hall–Kier alpha value is -3.62. The number of nitrogens with zero attached hydrogens (tertiary/aromatic N) is 1. The molecule has 0 saturated heterocycles. The molecule has 26 heavy (non-hydrogen) atoms. The maximum absolute atomic E-state index is 11.9. The second kappa shape index (κ2) is 8.47. The van der Waals surface area contributed by atoms with Crippen molar-refractivity contribution in [3.05, 3.63) is 58.1 Å². The van der Waals surface area contributed by atoms with Crippen molar-refractivity contribution in [2.24, 2.45) is 0 Å². The van der Waals surface area contributed by atoms with Gasteiger partial charge in [0, 0.05) is 5.69 Å². The van der Waals surface area contributed by atoms with E-state index >= 15 is 0 Å². The minimum absolute atomic E-state index is 0.0491. The van der Waals surface area contributed by atoms with Crippen LogP contribution in [0, 0.1) is 10.1 Å². The summed E-state index contributed by atoms with van der Waals surface area (Å²) < 4.78 is 14.7. The normalized spacial score (nSPS) is 9.92. The van der Waals surface area contributed by atoms with Crippen LogP contribution >= 0.6 is 0 Å². The molecule has 136 valence electrons. The summed E-state index contributed by atoms with van der Waals surface area (Å²) >= 11 is 0. The maximum Gasteiger partial charge on any atom is 0.337 e. The highest BCUT2D eigenvalue weighted by Gasteiger charge is 2.17. The fourth-order valence-electron chi connectivity index (χ4n) is 2.04. The number of anilines is 1. The zero-order valence-corrected chi connectivity index (χ0v) is 14.1. The fraction of sp³-hybridized carbons (Fsp3) is 0.176. The molecule has 0 aromatic heterocycles. The molecule has 2 aromatic rings. The predicted octanol–water partition coefficient (Wildman–Crippen LogP) is 2.41. The molecule has 0 unspecified atom stereocenters. The number of benzene rings is 2. The molecule has 0 aliphatic heterocycles. The van der Waals surface area contributed by atoms with Gasteiger partial charge >= 0.3 is 11.7 Å². The number of carbonyl (C=O) groups excluding carboxylic acids is 2. The van der Waals surface area contributed by atoms with Gasteiger partial charge in [0.25, 0.3) is 5.91 Å². The van der Waals surface area contributed by atoms with E-state index in [4.69, 9.17) is 9.47 Å². The summed E-state index contributed by atoms with van der Waals surface area (Å²) in [6.07, 6.45) is 0. The molecule has 0 spiro atoms. The zero-order valence-electron chi connectivity index (χ0n) is 14.1. The van der Waals surface area contributed by atoms with Gasteiger partial charge in [-0.05, 0) is 36.4 Å². The van der Waals surface area contributed by atoms with Crippen LogP contribution in [0.3, 0.4) is 0 Å². The van der Waals surface area contributed by atoms with Gasteiger partial charge in [-0.25, -0.2) is 4.79 Å². The standard InChI is InChI=1S/C17H16N2O7/c1-24-13-7-8-15(14(9-13)19(22)23)26-10-16(20)18-12-5-3-11(4-6-12)17(21)25-2/h3-9H,10H2,1-2H3,(H,18,20). The van der Waals surface area contributed by atoms with Gasteiger partial charge in [-0.2, -0.15) is 0 Å². The fourth-order valence-corrected chi connectivity index (χ4v) is 2.04. The van der Waals surface area contributed by atoms with E-state index in [1.54, 1.807) is 0 Å². The van der Waals surface area contributed by atoms with Crippen molar-refractivity contribution in [1.82, 2.24) is 0 Å². The number of amides is 1. The Kier molecular flexibility index (Phi) is 6.10. The molecule has 2 rings (SSSR count). The highest BCUT2D eigenvalue weighted by molar-refractivity contribution is 5.93. The summed E-state index contributed by atoms with van der Waals surface area (Å²) in [6, 6.07) is 10.1. The molecule has 0 radical (unpaired) electrons. The Balaban J connectivity index is 1.99. The van der Waals surface area contributed by atoms with Crippen LogP contribution in [-0.4, -0.2) is 37.6 Å². The number of hydrogen-bond donors (Lipinski definition) is 1. The highest BCUT2D eigenvalue weighted by Crippen LogP contribution is 2.30. The number of ether oxygens (including phenoxy) is 3. The minimum Gasteiger partial charge on any atom is -0.496 e. The maximum atomic E-state index is 11.9. The van der Waals surface area contributed by atoms with Crippen molar-refractivity contribution in [2.75, 3.05) is 26.1 Å². The van der Waals surface area contributed by atoms with Crippen molar-refractivity contribution in [3.8, 4) is 11.5 Å². The summed E-state index contributed by atoms with van der Waals surface area (Å²) in [5.41, 5.74) is 0.477. The molecule has 0 aliphatic rings. The van der Waals surface area contributed by atoms with Crippen LogP contribution in [0.4, 0.5) is 11.4 Å². The third-order valence-corrected chi connectivity index (χ3v) is 3.31. The molecule has 1 amide bonds. The number of nitrogens with one attached hydrogen (secondary N) is 1. The summed E-state index contributed by atoms with van der Waals surface area (Å²) in [5, 5.41) is 13.6. The second-order valence-corrected chi connectivity index (χ2v) is 5.00. The lowest BCUT2D eigenvalue weighted by atomic mass is 10.2. The van der Waals surface area contributed by atoms with Crippen molar-refractivity contribution in [3.63, 3.8) is 0 Å². The van der Waals surface area contributed by atoms with Crippen molar-refractivity contribution < 1.29 is 28.7 Å². The first kappa shape index (κ1) is 18.7. The molecule has 0 bridgehead atoms. The van der Waals surface area contributed by atoms with E-state index in [1.807, 2.05) is 0 Å². The monoisotopic (exact) mass is 360 g/mol. The van der Waals surface area contributed by atoms with E-state index < -0.39 is 23.4 Å². The van der Waals surface area contributed by atoms with Crippen molar-refractivity contribution >= 4 is 23.3 Å². The topological polar surface area (TPSA) is 117 Å². The third-order valence-electron chi connectivity index (χ3n) is 3.31. The van der Waals surface area contributed by atoms with Crippen molar-refractivity contribution in [2.45, 2.75) is 0 Å². The molecule has 0 fully saturated rings. The van der Waals surface area contributed by atoms with Crippen LogP contribution in [-0.2, 0) is 9.53 Å². The lowest BCUT2D eigenvalue weighted by Gasteiger charge is -2.09. The SMILES string of the molecule is COC(=O)c1ccc(NC(=O)COc2ccc(OC)cc2[N+](=O)[O-])cc1. The quantitative estimate of drug-likeness (QED) is 0.458. The van der Waals surface area contributed by atoms with Crippen LogP contribution in [0.25, 0.3) is 0 Å². The van der Waals surface area contributed by atoms with E-state index in [0.29, 0.717) is 17.0 Å². The molecule has 2 aromatic carbocycles. The number of nitro groups is 1. The molecule has 9 heteroatoms. The second-order valence-electron chi connectivity index (χ2n) is 5.00. The summed E-state index contributed by atoms with van der Waals surface area (Å²) in [4.78, 5) is 33.7.